The second kappa shape index (κ2) is 5.03. The Labute approximate surface area is 113 Å². The van der Waals surface area contributed by atoms with Gasteiger partial charge in [-0.1, -0.05) is 6.92 Å². The largest absolute Gasteiger partial charge is 0.399 e. The number of fused-ring (bicyclic) bond motifs is 1. The number of nitrogen functional groups attached to an aromatic ring is 1. The van der Waals surface area contributed by atoms with Gasteiger partial charge in [-0.25, -0.2) is 9.97 Å². The molecule has 0 amide bonds. The number of hydrogen-bond acceptors (Lipinski definition) is 4. The quantitative estimate of drug-likeness (QED) is 0.839. The van der Waals surface area contributed by atoms with Crippen LogP contribution in [0.1, 0.15) is 32.6 Å². The summed E-state index contributed by atoms with van der Waals surface area (Å²) in [5, 5.41) is 1.11. The van der Waals surface area contributed by atoms with Crippen molar-refractivity contribution in [3.05, 3.63) is 24.5 Å². The van der Waals surface area contributed by atoms with Gasteiger partial charge in [0.25, 0.3) is 0 Å². The van der Waals surface area contributed by atoms with Crippen LogP contribution in [-0.2, 0) is 0 Å². The monoisotopic (exact) mass is 256 g/mol. The third-order valence-corrected chi connectivity index (χ3v) is 4.01. The highest BCUT2D eigenvalue weighted by molar-refractivity contribution is 5.91. The molecule has 0 spiro atoms. The molecule has 1 aromatic heterocycles. The summed E-state index contributed by atoms with van der Waals surface area (Å²) in [6.07, 6.45) is 6.65. The first-order valence-electron chi connectivity index (χ1n) is 7.06. The normalized spacial score (nSPS) is 19.8. The van der Waals surface area contributed by atoms with Crippen molar-refractivity contribution in [3.8, 4) is 0 Å². The van der Waals surface area contributed by atoms with Crippen LogP contribution in [0, 0.1) is 0 Å². The van der Waals surface area contributed by atoms with E-state index in [-0.39, 0.29) is 0 Å². The third kappa shape index (κ3) is 2.23. The van der Waals surface area contributed by atoms with Crippen molar-refractivity contribution in [1.29, 1.82) is 0 Å². The lowest BCUT2D eigenvalue weighted by Gasteiger charge is -2.36. The minimum atomic E-state index is 0.601. The van der Waals surface area contributed by atoms with Crippen LogP contribution in [0.4, 0.5) is 11.5 Å². The van der Waals surface area contributed by atoms with Gasteiger partial charge in [-0.3, -0.25) is 0 Å². The standard InChI is InChI=1S/C15H20N4/c1-2-12-5-3-4-8-19(12)15-13-7-6-11(16)9-14(13)17-10-18-15/h6-7,9-10,12H,2-5,8,16H2,1H3. The summed E-state index contributed by atoms with van der Waals surface area (Å²) >= 11 is 0. The minimum absolute atomic E-state index is 0.601. The summed E-state index contributed by atoms with van der Waals surface area (Å²) in [4.78, 5) is 11.3. The van der Waals surface area contributed by atoms with Gasteiger partial charge in [0, 0.05) is 23.7 Å². The van der Waals surface area contributed by atoms with Gasteiger partial charge in [0.2, 0.25) is 0 Å². The lowest BCUT2D eigenvalue weighted by atomic mass is 9.99. The van der Waals surface area contributed by atoms with E-state index >= 15 is 0 Å². The fraction of sp³-hybridized carbons (Fsp3) is 0.467. The molecule has 1 aliphatic rings. The van der Waals surface area contributed by atoms with Crippen molar-refractivity contribution >= 4 is 22.4 Å². The van der Waals surface area contributed by atoms with E-state index in [1.165, 1.54) is 25.7 Å². The molecule has 1 unspecified atom stereocenters. The molecule has 1 atom stereocenters. The van der Waals surface area contributed by atoms with Gasteiger partial charge in [-0.05, 0) is 43.9 Å². The molecular formula is C15H20N4. The summed E-state index contributed by atoms with van der Waals surface area (Å²) in [6, 6.07) is 6.50. The maximum absolute atomic E-state index is 5.83. The third-order valence-electron chi connectivity index (χ3n) is 4.01. The first-order valence-corrected chi connectivity index (χ1v) is 7.06. The Kier molecular flexibility index (Phi) is 3.23. The van der Waals surface area contributed by atoms with E-state index in [4.69, 9.17) is 5.73 Å². The van der Waals surface area contributed by atoms with Crippen LogP contribution in [0.3, 0.4) is 0 Å². The molecule has 1 saturated heterocycles. The molecule has 3 rings (SSSR count). The highest BCUT2D eigenvalue weighted by atomic mass is 15.2. The van der Waals surface area contributed by atoms with E-state index in [0.717, 1.165) is 29.0 Å². The molecule has 1 aromatic carbocycles. The summed E-state index contributed by atoms with van der Waals surface area (Å²) in [5.74, 6) is 1.07. The van der Waals surface area contributed by atoms with Gasteiger partial charge >= 0.3 is 0 Å². The molecule has 19 heavy (non-hydrogen) atoms. The Morgan fingerprint density at radius 1 is 1.32 bits per heavy atom. The van der Waals surface area contributed by atoms with Crippen LogP contribution < -0.4 is 10.6 Å². The SMILES string of the molecule is CCC1CCCCN1c1ncnc2cc(N)ccc12. The van der Waals surface area contributed by atoms with Gasteiger partial charge in [0.05, 0.1) is 5.52 Å². The summed E-state index contributed by atoms with van der Waals surface area (Å²) in [5.41, 5.74) is 7.52. The second-order valence-corrected chi connectivity index (χ2v) is 5.23. The van der Waals surface area contributed by atoms with E-state index in [9.17, 15) is 0 Å². The highest BCUT2D eigenvalue weighted by Crippen LogP contribution is 2.30. The number of benzene rings is 1. The van der Waals surface area contributed by atoms with Crippen molar-refractivity contribution in [3.63, 3.8) is 0 Å². The first kappa shape index (κ1) is 12.2. The van der Waals surface area contributed by atoms with Gasteiger partial charge in [0.1, 0.15) is 12.1 Å². The fourth-order valence-electron chi connectivity index (χ4n) is 2.99. The topological polar surface area (TPSA) is 55.0 Å². The molecule has 0 radical (unpaired) electrons. The predicted molar refractivity (Wildman–Crippen MR) is 79.2 cm³/mol. The first-order chi connectivity index (χ1) is 9.29. The number of rotatable bonds is 2. The molecular weight excluding hydrogens is 236 g/mol. The van der Waals surface area contributed by atoms with Crippen molar-refractivity contribution in [1.82, 2.24) is 9.97 Å². The van der Waals surface area contributed by atoms with Crippen LogP contribution in [0.5, 0.6) is 0 Å². The smallest absolute Gasteiger partial charge is 0.140 e. The van der Waals surface area contributed by atoms with E-state index in [2.05, 4.69) is 21.8 Å². The number of aromatic nitrogens is 2. The Balaban J connectivity index is 2.08. The summed E-state index contributed by atoms with van der Waals surface area (Å²) in [7, 11) is 0. The van der Waals surface area contributed by atoms with Crippen LogP contribution in [0.25, 0.3) is 10.9 Å². The van der Waals surface area contributed by atoms with Crippen LogP contribution >= 0.6 is 0 Å². The Morgan fingerprint density at radius 2 is 2.21 bits per heavy atom. The molecule has 2 N–H and O–H groups in total. The lowest BCUT2D eigenvalue weighted by Crippen LogP contribution is -2.39. The molecule has 2 aromatic rings. The van der Waals surface area contributed by atoms with E-state index in [0.29, 0.717) is 6.04 Å². The van der Waals surface area contributed by atoms with Crippen molar-refractivity contribution < 1.29 is 0 Å². The van der Waals surface area contributed by atoms with Gasteiger partial charge < -0.3 is 10.6 Å². The van der Waals surface area contributed by atoms with Gasteiger partial charge in [0.15, 0.2) is 0 Å². The van der Waals surface area contributed by atoms with Crippen LogP contribution in [0.2, 0.25) is 0 Å². The number of piperidine rings is 1. The van der Waals surface area contributed by atoms with Crippen LogP contribution in [-0.4, -0.2) is 22.6 Å². The van der Waals surface area contributed by atoms with Crippen LogP contribution in [0.15, 0.2) is 24.5 Å². The van der Waals surface area contributed by atoms with Gasteiger partial charge in [-0.15, -0.1) is 0 Å². The van der Waals surface area contributed by atoms with Crippen molar-refractivity contribution in [2.75, 3.05) is 17.2 Å². The average Bonchev–Trinajstić information content (AvgIpc) is 2.46. The number of nitrogens with zero attached hydrogens (tertiary/aromatic N) is 3. The molecule has 4 nitrogen and oxygen atoms in total. The number of nitrogens with two attached hydrogens (primary N) is 1. The molecule has 1 aliphatic heterocycles. The van der Waals surface area contributed by atoms with Crippen molar-refractivity contribution in [2.24, 2.45) is 0 Å². The van der Waals surface area contributed by atoms with E-state index in [1.54, 1.807) is 6.33 Å². The zero-order valence-electron chi connectivity index (χ0n) is 11.3. The zero-order valence-corrected chi connectivity index (χ0v) is 11.3. The molecule has 0 bridgehead atoms. The molecule has 1 fully saturated rings. The van der Waals surface area contributed by atoms with E-state index in [1.807, 2.05) is 18.2 Å². The Bertz CT molecular complexity index is 581. The molecule has 0 saturated carbocycles. The van der Waals surface area contributed by atoms with Gasteiger partial charge in [-0.2, -0.15) is 0 Å². The van der Waals surface area contributed by atoms with Crippen molar-refractivity contribution in [2.45, 2.75) is 38.6 Å². The Hall–Kier alpha value is -1.84. The lowest BCUT2D eigenvalue weighted by molar-refractivity contribution is 0.448. The molecule has 0 aliphatic carbocycles. The van der Waals surface area contributed by atoms with E-state index < -0.39 is 0 Å². The predicted octanol–water partition coefficient (Wildman–Crippen LogP) is 2.98. The zero-order chi connectivity index (χ0) is 13.2. The maximum atomic E-state index is 5.83. The molecule has 4 heteroatoms. The molecule has 2 heterocycles. The number of anilines is 2. The second-order valence-electron chi connectivity index (χ2n) is 5.23. The minimum Gasteiger partial charge on any atom is -0.399 e. The number of hydrogen-bond donors (Lipinski definition) is 1. The average molecular weight is 256 g/mol. The Morgan fingerprint density at radius 3 is 3.05 bits per heavy atom. The summed E-state index contributed by atoms with van der Waals surface area (Å²) < 4.78 is 0. The maximum Gasteiger partial charge on any atom is 0.140 e. The molecule has 100 valence electrons. The summed E-state index contributed by atoms with van der Waals surface area (Å²) in [6.45, 7) is 3.35. The fourth-order valence-corrected chi connectivity index (χ4v) is 2.99. The highest BCUT2D eigenvalue weighted by Gasteiger charge is 2.23.